The predicted octanol–water partition coefficient (Wildman–Crippen LogP) is 3.19. The summed E-state index contributed by atoms with van der Waals surface area (Å²) in [7, 11) is 3.22. The molecule has 0 spiro atoms. The molecule has 0 amide bonds. The van der Waals surface area contributed by atoms with Crippen LogP contribution in [0.15, 0.2) is 18.2 Å². The molecule has 1 atom stereocenters. The summed E-state index contributed by atoms with van der Waals surface area (Å²) < 4.78 is 10.7. The van der Waals surface area contributed by atoms with Gasteiger partial charge in [0.2, 0.25) is 0 Å². The number of methoxy groups -OCH3 is 2. The second-order valence-electron chi connectivity index (χ2n) is 5.15. The summed E-state index contributed by atoms with van der Waals surface area (Å²) in [5.74, 6) is 1.31. The predicted molar refractivity (Wildman–Crippen MR) is 77.9 cm³/mol. The highest BCUT2D eigenvalue weighted by molar-refractivity contribution is 5.49. The van der Waals surface area contributed by atoms with Crippen molar-refractivity contribution in [3.63, 3.8) is 0 Å². The van der Waals surface area contributed by atoms with Gasteiger partial charge in [0.1, 0.15) is 6.04 Å². The van der Waals surface area contributed by atoms with Gasteiger partial charge in [0, 0.05) is 11.6 Å². The van der Waals surface area contributed by atoms with E-state index in [1.165, 1.54) is 19.3 Å². The minimum absolute atomic E-state index is 0.358. The van der Waals surface area contributed by atoms with Gasteiger partial charge in [0.25, 0.3) is 0 Å². The zero-order valence-corrected chi connectivity index (χ0v) is 12.2. The van der Waals surface area contributed by atoms with Crippen molar-refractivity contribution < 1.29 is 9.47 Å². The van der Waals surface area contributed by atoms with E-state index in [2.05, 4.69) is 11.4 Å². The fourth-order valence-corrected chi connectivity index (χ4v) is 2.84. The average molecular weight is 274 g/mol. The molecule has 4 heteroatoms. The third-order valence-electron chi connectivity index (χ3n) is 3.88. The van der Waals surface area contributed by atoms with Crippen molar-refractivity contribution in [2.75, 3.05) is 14.2 Å². The SMILES string of the molecule is COc1cccc(C(C#N)NC2CCCCC2)c1OC. The summed E-state index contributed by atoms with van der Waals surface area (Å²) in [5.41, 5.74) is 0.847. The lowest BCUT2D eigenvalue weighted by Crippen LogP contribution is -2.34. The Balaban J connectivity index is 2.20. The third-order valence-corrected chi connectivity index (χ3v) is 3.88. The normalized spacial score (nSPS) is 17.2. The summed E-state index contributed by atoms with van der Waals surface area (Å²) in [6.07, 6.45) is 6.07. The number of benzene rings is 1. The average Bonchev–Trinajstić information content (AvgIpc) is 2.52. The second-order valence-corrected chi connectivity index (χ2v) is 5.15. The van der Waals surface area contributed by atoms with Gasteiger partial charge >= 0.3 is 0 Å². The monoisotopic (exact) mass is 274 g/mol. The van der Waals surface area contributed by atoms with Gasteiger partial charge in [-0.15, -0.1) is 0 Å². The Hall–Kier alpha value is -1.73. The number of nitriles is 1. The van der Waals surface area contributed by atoms with E-state index in [1.807, 2.05) is 18.2 Å². The fraction of sp³-hybridized carbons (Fsp3) is 0.562. The highest BCUT2D eigenvalue weighted by Gasteiger charge is 2.22. The molecule has 1 aromatic rings. The smallest absolute Gasteiger partial charge is 0.166 e. The number of nitrogens with zero attached hydrogens (tertiary/aromatic N) is 1. The first-order valence-corrected chi connectivity index (χ1v) is 7.16. The minimum Gasteiger partial charge on any atom is -0.493 e. The van der Waals surface area contributed by atoms with Crippen LogP contribution in [0.3, 0.4) is 0 Å². The van der Waals surface area contributed by atoms with Crippen LogP contribution in [0.2, 0.25) is 0 Å². The number of hydrogen-bond acceptors (Lipinski definition) is 4. The van der Waals surface area contributed by atoms with Gasteiger partial charge < -0.3 is 9.47 Å². The first kappa shape index (κ1) is 14.7. The number of nitrogens with one attached hydrogen (secondary N) is 1. The summed E-state index contributed by atoms with van der Waals surface area (Å²) in [6.45, 7) is 0. The number of rotatable bonds is 5. The van der Waals surface area contributed by atoms with Crippen molar-refractivity contribution in [3.8, 4) is 17.6 Å². The maximum atomic E-state index is 9.48. The van der Waals surface area contributed by atoms with Gasteiger partial charge in [-0.05, 0) is 18.9 Å². The Kier molecular flexibility index (Phi) is 5.25. The van der Waals surface area contributed by atoms with Gasteiger partial charge in [0.15, 0.2) is 11.5 Å². The molecule has 0 aliphatic heterocycles. The van der Waals surface area contributed by atoms with E-state index >= 15 is 0 Å². The number of para-hydroxylation sites is 1. The molecular weight excluding hydrogens is 252 g/mol. The summed E-state index contributed by atoms with van der Waals surface area (Å²) >= 11 is 0. The molecule has 4 nitrogen and oxygen atoms in total. The van der Waals surface area contributed by atoms with Crippen molar-refractivity contribution >= 4 is 0 Å². The molecule has 1 N–H and O–H groups in total. The molecule has 2 rings (SSSR count). The Bertz CT molecular complexity index is 476. The molecule has 20 heavy (non-hydrogen) atoms. The van der Waals surface area contributed by atoms with Crippen LogP contribution in [0.25, 0.3) is 0 Å². The van der Waals surface area contributed by atoms with Crippen LogP contribution >= 0.6 is 0 Å². The molecule has 1 unspecified atom stereocenters. The van der Waals surface area contributed by atoms with Crippen molar-refractivity contribution in [3.05, 3.63) is 23.8 Å². The van der Waals surface area contributed by atoms with Crippen LogP contribution in [-0.2, 0) is 0 Å². The van der Waals surface area contributed by atoms with E-state index in [1.54, 1.807) is 14.2 Å². The lowest BCUT2D eigenvalue weighted by Gasteiger charge is -2.26. The molecule has 0 aromatic heterocycles. The van der Waals surface area contributed by atoms with E-state index < -0.39 is 0 Å². The Labute approximate surface area is 120 Å². The molecule has 1 aliphatic carbocycles. The van der Waals surface area contributed by atoms with Gasteiger partial charge in [-0.3, -0.25) is 5.32 Å². The van der Waals surface area contributed by atoms with Crippen LogP contribution in [0.4, 0.5) is 0 Å². The summed E-state index contributed by atoms with van der Waals surface area (Å²) in [4.78, 5) is 0. The largest absolute Gasteiger partial charge is 0.493 e. The van der Waals surface area contributed by atoms with E-state index in [-0.39, 0.29) is 6.04 Å². The molecule has 108 valence electrons. The topological polar surface area (TPSA) is 54.3 Å². The first-order chi connectivity index (χ1) is 9.80. The van der Waals surface area contributed by atoms with E-state index in [0.717, 1.165) is 18.4 Å². The first-order valence-electron chi connectivity index (χ1n) is 7.16. The quantitative estimate of drug-likeness (QED) is 0.896. The molecule has 1 aliphatic rings. The number of hydrogen-bond donors (Lipinski definition) is 1. The maximum absolute atomic E-state index is 9.48. The van der Waals surface area contributed by atoms with Crippen molar-refractivity contribution in [2.45, 2.75) is 44.2 Å². The van der Waals surface area contributed by atoms with Crippen LogP contribution in [-0.4, -0.2) is 20.3 Å². The highest BCUT2D eigenvalue weighted by atomic mass is 16.5. The highest BCUT2D eigenvalue weighted by Crippen LogP contribution is 2.35. The lowest BCUT2D eigenvalue weighted by molar-refractivity contribution is 0.336. The van der Waals surface area contributed by atoms with Crippen LogP contribution in [0, 0.1) is 11.3 Å². The van der Waals surface area contributed by atoms with Gasteiger partial charge in [0.05, 0.1) is 20.3 Å². The van der Waals surface area contributed by atoms with Gasteiger partial charge in [-0.1, -0.05) is 31.4 Å². The summed E-state index contributed by atoms with van der Waals surface area (Å²) in [6, 6.07) is 8.07. The molecule has 0 saturated heterocycles. The zero-order valence-electron chi connectivity index (χ0n) is 12.2. The second kappa shape index (κ2) is 7.16. The molecule has 0 heterocycles. The van der Waals surface area contributed by atoms with E-state index in [9.17, 15) is 5.26 Å². The van der Waals surface area contributed by atoms with Crippen LogP contribution in [0.5, 0.6) is 11.5 Å². The standard InChI is InChI=1S/C16H22N2O2/c1-19-15-10-6-9-13(16(15)20-2)14(11-17)18-12-7-4-3-5-8-12/h6,9-10,12,14,18H,3-5,7-8H2,1-2H3. The van der Waals surface area contributed by atoms with Crippen LogP contribution < -0.4 is 14.8 Å². The minimum atomic E-state index is -0.358. The molecule has 1 saturated carbocycles. The van der Waals surface area contributed by atoms with Gasteiger partial charge in [-0.25, -0.2) is 0 Å². The fourth-order valence-electron chi connectivity index (χ4n) is 2.84. The molecule has 1 aromatic carbocycles. The molecule has 0 radical (unpaired) electrons. The van der Waals surface area contributed by atoms with Crippen molar-refractivity contribution in [1.82, 2.24) is 5.32 Å². The Morgan fingerprint density at radius 3 is 2.55 bits per heavy atom. The Morgan fingerprint density at radius 2 is 1.95 bits per heavy atom. The van der Waals surface area contributed by atoms with Crippen LogP contribution in [0.1, 0.15) is 43.7 Å². The van der Waals surface area contributed by atoms with Crippen molar-refractivity contribution in [2.24, 2.45) is 0 Å². The van der Waals surface area contributed by atoms with E-state index in [0.29, 0.717) is 17.5 Å². The zero-order chi connectivity index (χ0) is 14.4. The number of ether oxygens (including phenoxy) is 2. The van der Waals surface area contributed by atoms with E-state index in [4.69, 9.17) is 9.47 Å². The Morgan fingerprint density at radius 1 is 1.20 bits per heavy atom. The van der Waals surface area contributed by atoms with Gasteiger partial charge in [-0.2, -0.15) is 5.26 Å². The maximum Gasteiger partial charge on any atom is 0.166 e. The molecular formula is C16H22N2O2. The third kappa shape index (κ3) is 3.23. The lowest BCUT2D eigenvalue weighted by atomic mass is 9.94. The molecule has 0 bridgehead atoms. The molecule has 1 fully saturated rings. The van der Waals surface area contributed by atoms with Crippen molar-refractivity contribution in [1.29, 1.82) is 5.26 Å². The summed E-state index contributed by atoms with van der Waals surface area (Å²) in [5, 5.41) is 12.9.